The van der Waals surface area contributed by atoms with Gasteiger partial charge in [-0.2, -0.15) is 4.72 Å². The summed E-state index contributed by atoms with van der Waals surface area (Å²) in [6, 6.07) is 5.59. The van der Waals surface area contributed by atoms with Gasteiger partial charge in [-0.25, -0.2) is 12.8 Å². The zero-order valence-corrected chi connectivity index (χ0v) is 12.5. The Morgan fingerprint density at radius 1 is 1.40 bits per heavy atom. The molecule has 1 aromatic rings. The third-order valence-corrected chi connectivity index (χ3v) is 4.48. The van der Waals surface area contributed by atoms with Gasteiger partial charge in [0.1, 0.15) is 11.4 Å². The minimum Gasteiger partial charge on any atom is -0.468 e. The molecule has 0 amide bonds. The van der Waals surface area contributed by atoms with E-state index in [1.54, 1.807) is 13.0 Å². The number of sulfonamides is 1. The average Bonchev–Trinajstić information content (AvgIpc) is 2.39. The van der Waals surface area contributed by atoms with E-state index in [1.165, 1.54) is 32.2 Å². The number of hydrogen-bond donors (Lipinski definition) is 1. The number of esters is 1. The van der Waals surface area contributed by atoms with Crippen LogP contribution in [0.3, 0.4) is 0 Å². The molecule has 0 saturated heterocycles. The Hall–Kier alpha value is -1.47. The predicted molar refractivity (Wildman–Crippen MR) is 72.9 cm³/mol. The van der Waals surface area contributed by atoms with E-state index in [-0.39, 0.29) is 12.0 Å². The Balaban J connectivity index is 2.95. The first-order valence-corrected chi connectivity index (χ1v) is 7.73. The Labute approximate surface area is 118 Å². The van der Waals surface area contributed by atoms with E-state index in [2.05, 4.69) is 9.46 Å². The fourth-order valence-corrected chi connectivity index (χ4v) is 3.31. The summed E-state index contributed by atoms with van der Waals surface area (Å²) in [5, 5.41) is 0. The first-order chi connectivity index (χ1) is 9.24. The lowest BCUT2D eigenvalue weighted by Gasteiger charge is -2.26. The highest BCUT2D eigenvalue weighted by Crippen LogP contribution is 2.16. The number of nitrogens with one attached hydrogen (secondary N) is 1. The lowest BCUT2D eigenvalue weighted by Crippen LogP contribution is -2.52. The highest BCUT2D eigenvalue weighted by molar-refractivity contribution is 7.88. The fourth-order valence-electron chi connectivity index (χ4n) is 1.68. The van der Waals surface area contributed by atoms with E-state index in [4.69, 9.17) is 0 Å². The monoisotopic (exact) mass is 303 g/mol. The number of hydrogen-bond acceptors (Lipinski definition) is 4. The van der Waals surface area contributed by atoms with Crippen molar-refractivity contribution in [2.75, 3.05) is 7.11 Å². The van der Waals surface area contributed by atoms with E-state index < -0.39 is 33.1 Å². The van der Waals surface area contributed by atoms with Crippen molar-refractivity contribution in [3.05, 3.63) is 35.6 Å². The van der Waals surface area contributed by atoms with E-state index in [0.29, 0.717) is 0 Å². The smallest absolute Gasteiger partial charge is 0.326 e. The van der Waals surface area contributed by atoms with Crippen molar-refractivity contribution in [1.82, 2.24) is 4.72 Å². The number of carbonyl (C=O) groups excluding carboxylic acids is 1. The first kappa shape index (κ1) is 16.6. The lowest BCUT2D eigenvalue weighted by atomic mass is 10.0. The molecule has 0 aliphatic carbocycles. The van der Waals surface area contributed by atoms with Crippen LogP contribution < -0.4 is 4.72 Å². The Morgan fingerprint density at radius 2 is 2.00 bits per heavy atom. The minimum absolute atomic E-state index is 0.0447. The summed E-state index contributed by atoms with van der Waals surface area (Å²) in [5.41, 5.74) is -1.32. The lowest BCUT2D eigenvalue weighted by molar-refractivity contribution is -0.147. The largest absolute Gasteiger partial charge is 0.468 e. The van der Waals surface area contributed by atoms with Gasteiger partial charge in [-0.05, 0) is 19.4 Å². The Morgan fingerprint density at radius 3 is 2.50 bits per heavy atom. The molecule has 112 valence electrons. The summed E-state index contributed by atoms with van der Waals surface area (Å²) in [7, 11) is -2.69. The Kier molecular flexibility index (Phi) is 5.24. The van der Waals surface area contributed by atoms with E-state index in [1.807, 2.05) is 0 Å². The number of methoxy groups -OCH3 is 1. The molecule has 5 nitrogen and oxygen atoms in total. The molecule has 1 N–H and O–H groups in total. The maximum Gasteiger partial charge on any atom is 0.326 e. The molecule has 1 atom stereocenters. The zero-order valence-electron chi connectivity index (χ0n) is 11.6. The van der Waals surface area contributed by atoms with Gasteiger partial charge in [0.2, 0.25) is 10.0 Å². The number of carbonyl (C=O) groups is 1. The number of benzene rings is 1. The molecule has 0 aliphatic rings. The summed E-state index contributed by atoms with van der Waals surface area (Å²) in [6.07, 6.45) is 0.218. The van der Waals surface area contributed by atoms with Crippen LogP contribution in [0.4, 0.5) is 4.39 Å². The normalized spacial score (nSPS) is 14.6. The van der Waals surface area contributed by atoms with Gasteiger partial charge < -0.3 is 4.74 Å². The molecule has 0 bridgehead atoms. The van der Waals surface area contributed by atoms with Crippen LogP contribution in [0, 0.1) is 5.82 Å². The molecule has 1 unspecified atom stereocenters. The van der Waals surface area contributed by atoms with Crippen LogP contribution in [-0.4, -0.2) is 27.0 Å². The number of rotatable bonds is 6. The molecule has 20 heavy (non-hydrogen) atoms. The van der Waals surface area contributed by atoms with E-state index in [0.717, 1.165) is 0 Å². The molecule has 1 rings (SSSR count). The predicted octanol–water partition coefficient (Wildman–Crippen LogP) is 1.59. The summed E-state index contributed by atoms with van der Waals surface area (Å²) < 4.78 is 44.5. The van der Waals surface area contributed by atoms with E-state index in [9.17, 15) is 17.6 Å². The van der Waals surface area contributed by atoms with Gasteiger partial charge in [0.25, 0.3) is 0 Å². The van der Waals surface area contributed by atoms with Crippen LogP contribution in [0.25, 0.3) is 0 Å². The second-order valence-electron chi connectivity index (χ2n) is 4.63. The average molecular weight is 303 g/mol. The molecule has 0 spiro atoms. The second-order valence-corrected chi connectivity index (χ2v) is 6.35. The quantitative estimate of drug-likeness (QED) is 0.810. The summed E-state index contributed by atoms with van der Waals surface area (Å²) in [6.45, 7) is 3.08. The maximum atomic E-state index is 13.5. The van der Waals surface area contributed by atoms with Gasteiger partial charge in [0.05, 0.1) is 12.9 Å². The van der Waals surface area contributed by atoms with E-state index >= 15 is 0 Å². The molecule has 0 aliphatic heterocycles. The summed E-state index contributed by atoms with van der Waals surface area (Å²) >= 11 is 0. The highest BCUT2D eigenvalue weighted by atomic mass is 32.2. The van der Waals surface area contributed by atoms with Crippen LogP contribution in [0.1, 0.15) is 25.8 Å². The van der Waals surface area contributed by atoms with Gasteiger partial charge in [0.15, 0.2) is 0 Å². The van der Waals surface area contributed by atoms with Gasteiger partial charge in [-0.3, -0.25) is 4.79 Å². The van der Waals surface area contributed by atoms with Crippen molar-refractivity contribution < 1.29 is 22.3 Å². The van der Waals surface area contributed by atoms with Crippen molar-refractivity contribution in [3.63, 3.8) is 0 Å². The third-order valence-electron chi connectivity index (χ3n) is 3.03. The standard InChI is InChI=1S/C13H18FNO4S/c1-4-13(2,12(16)19-3)15-20(17,18)9-10-7-5-6-8-11(10)14/h5-8,15H,4,9H2,1-3H3. The third kappa shape index (κ3) is 4.01. The SMILES string of the molecule is CCC(C)(NS(=O)(=O)Cc1ccccc1F)C(=O)OC. The van der Waals surface area contributed by atoms with Gasteiger partial charge in [-0.15, -0.1) is 0 Å². The molecule has 0 fully saturated rings. The van der Waals surface area contributed by atoms with Crippen LogP contribution >= 0.6 is 0 Å². The van der Waals surface area contributed by atoms with Gasteiger partial charge in [-0.1, -0.05) is 25.1 Å². The molecule has 1 aromatic carbocycles. The van der Waals surface area contributed by atoms with Gasteiger partial charge in [0, 0.05) is 5.56 Å². The first-order valence-electron chi connectivity index (χ1n) is 6.07. The van der Waals surface area contributed by atoms with Crippen LogP contribution in [-0.2, 0) is 25.3 Å². The van der Waals surface area contributed by atoms with Crippen molar-refractivity contribution in [2.45, 2.75) is 31.6 Å². The number of halogens is 1. The zero-order chi connectivity index (χ0) is 15.4. The molecule has 0 heterocycles. The van der Waals surface area contributed by atoms with Crippen LogP contribution in [0.2, 0.25) is 0 Å². The van der Waals surface area contributed by atoms with Crippen molar-refractivity contribution in [2.24, 2.45) is 0 Å². The minimum atomic E-state index is -3.87. The second kappa shape index (κ2) is 6.32. The van der Waals surface area contributed by atoms with Crippen molar-refractivity contribution in [1.29, 1.82) is 0 Å². The summed E-state index contributed by atoms with van der Waals surface area (Å²) in [4.78, 5) is 11.6. The molecule has 0 radical (unpaired) electrons. The topological polar surface area (TPSA) is 72.5 Å². The molecule has 0 aromatic heterocycles. The molecular weight excluding hydrogens is 285 g/mol. The molecular formula is C13H18FNO4S. The van der Waals surface area contributed by atoms with Gasteiger partial charge >= 0.3 is 5.97 Å². The number of ether oxygens (including phenoxy) is 1. The summed E-state index contributed by atoms with van der Waals surface area (Å²) in [5.74, 6) is -1.82. The Bertz CT molecular complexity index is 588. The highest BCUT2D eigenvalue weighted by Gasteiger charge is 2.36. The molecule has 0 saturated carbocycles. The van der Waals surface area contributed by atoms with Crippen molar-refractivity contribution >= 4 is 16.0 Å². The van der Waals surface area contributed by atoms with Crippen molar-refractivity contribution in [3.8, 4) is 0 Å². The maximum absolute atomic E-state index is 13.5. The van der Waals surface area contributed by atoms with Crippen LogP contribution in [0.5, 0.6) is 0 Å². The fraction of sp³-hybridized carbons (Fsp3) is 0.462. The van der Waals surface area contributed by atoms with Crippen LogP contribution in [0.15, 0.2) is 24.3 Å². The molecule has 7 heteroatoms.